The highest BCUT2D eigenvalue weighted by Gasteiger charge is 2.30. The van der Waals surface area contributed by atoms with E-state index in [2.05, 4.69) is 6.92 Å². The van der Waals surface area contributed by atoms with Crippen LogP contribution in [0.4, 0.5) is 0 Å². The van der Waals surface area contributed by atoms with Gasteiger partial charge in [-0.05, 0) is 48.4 Å². The molecule has 5 heteroatoms. The van der Waals surface area contributed by atoms with Crippen LogP contribution in [0.1, 0.15) is 31.4 Å². The van der Waals surface area contributed by atoms with Crippen LogP contribution in [0, 0.1) is 0 Å². The van der Waals surface area contributed by atoms with Crippen molar-refractivity contribution in [2.75, 3.05) is 7.11 Å². The van der Waals surface area contributed by atoms with Crippen LogP contribution in [0.2, 0.25) is 0 Å². The van der Waals surface area contributed by atoms with Crippen LogP contribution >= 0.6 is 0 Å². The summed E-state index contributed by atoms with van der Waals surface area (Å²) in [5, 5.41) is 0. The van der Waals surface area contributed by atoms with Gasteiger partial charge in [-0.1, -0.05) is 61.9 Å². The van der Waals surface area contributed by atoms with Gasteiger partial charge in [0, 0.05) is 7.11 Å². The predicted molar refractivity (Wildman–Crippen MR) is 112 cm³/mol. The molecule has 0 radical (unpaired) electrons. The first-order chi connectivity index (χ1) is 13.8. The highest BCUT2D eigenvalue weighted by atomic mass is 16.7. The molecule has 0 aliphatic heterocycles. The minimum absolute atomic E-state index is 0.0935. The number of hydrogen-bond acceptors (Lipinski definition) is 4. The summed E-state index contributed by atoms with van der Waals surface area (Å²) in [6, 6.07) is 26.8. The van der Waals surface area contributed by atoms with Gasteiger partial charge in [0.1, 0.15) is 17.2 Å². The maximum absolute atomic E-state index is 5.97. The Hall–Kier alpha value is -2.92. The molecule has 1 unspecified atom stereocenters. The van der Waals surface area contributed by atoms with Gasteiger partial charge in [-0.15, -0.1) is 0 Å². The van der Waals surface area contributed by atoms with Crippen LogP contribution in [-0.2, 0) is 4.74 Å². The van der Waals surface area contributed by atoms with Crippen LogP contribution in [0.25, 0.3) is 0 Å². The van der Waals surface area contributed by atoms with Crippen LogP contribution in [0.15, 0.2) is 84.9 Å². The van der Waals surface area contributed by atoms with Crippen molar-refractivity contribution in [3.8, 4) is 17.2 Å². The molecule has 4 nitrogen and oxygen atoms in total. The monoisotopic (exact) mass is 376 g/mol. The average Bonchev–Trinajstić information content (AvgIpc) is 2.74. The van der Waals surface area contributed by atoms with E-state index in [-0.39, 0.29) is 6.10 Å². The summed E-state index contributed by atoms with van der Waals surface area (Å²) in [6.45, 7) is 2.15. The largest absolute Gasteiger partial charge is 0.864 e. The van der Waals surface area contributed by atoms with Crippen molar-refractivity contribution < 1.29 is 18.7 Å². The second kappa shape index (κ2) is 10.4. The Morgan fingerprint density at radius 1 is 0.679 bits per heavy atom. The van der Waals surface area contributed by atoms with Crippen molar-refractivity contribution in [3.63, 3.8) is 0 Å². The lowest BCUT2D eigenvalue weighted by molar-refractivity contribution is 0.0950. The summed E-state index contributed by atoms with van der Waals surface area (Å²) in [6.07, 6.45) is 2.14. The highest BCUT2D eigenvalue weighted by Crippen LogP contribution is 2.25. The van der Waals surface area contributed by atoms with Gasteiger partial charge >= 0.3 is 7.32 Å². The summed E-state index contributed by atoms with van der Waals surface area (Å²) in [5.41, 5.74) is 1.13. The topological polar surface area (TPSA) is 36.9 Å². The molecule has 0 aliphatic rings. The molecule has 144 valence electrons. The quantitative estimate of drug-likeness (QED) is 0.426. The van der Waals surface area contributed by atoms with Crippen molar-refractivity contribution >= 4 is 7.32 Å². The molecule has 0 N–H and O–H groups in total. The molecule has 0 heterocycles. The van der Waals surface area contributed by atoms with E-state index in [1.807, 2.05) is 84.9 Å². The molecule has 3 rings (SSSR count). The molecule has 3 aromatic carbocycles. The molecule has 0 amide bonds. The van der Waals surface area contributed by atoms with E-state index in [1.165, 1.54) is 0 Å². The number of benzene rings is 3. The van der Waals surface area contributed by atoms with E-state index in [0.29, 0.717) is 17.2 Å². The van der Waals surface area contributed by atoms with Crippen molar-refractivity contribution in [3.05, 3.63) is 90.5 Å². The lowest BCUT2D eigenvalue weighted by Gasteiger charge is -2.18. The Morgan fingerprint density at radius 2 is 1.14 bits per heavy atom. The molecule has 0 fully saturated rings. The maximum Gasteiger partial charge on any atom is 0.864 e. The van der Waals surface area contributed by atoms with E-state index < -0.39 is 7.32 Å². The molecule has 0 saturated heterocycles. The Bertz CT molecular complexity index is 768. The fraction of sp³-hybridized carbons (Fsp3) is 0.217. The van der Waals surface area contributed by atoms with Crippen molar-refractivity contribution in [1.29, 1.82) is 0 Å². The van der Waals surface area contributed by atoms with Crippen molar-refractivity contribution in [1.82, 2.24) is 0 Å². The molecule has 1 atom stereocenters. The zero-order valence-electron chi connectivity index (χ0n) is 16.3. The van der Waals surface area contributed by atoms with Gasteiger partial charge < -0.3 is 18.7 Å². The summed E-state index contributed by atoms with van der Waals surface area (Å²) in [5.74, 6) is 2.00. The molecular weight excluding hydrogens is 351 g/mol. The third-order valence-corrected chi connectivity index (χ3v) is 4.27. The van der Waals surface area contributed by atoms with Crippen LogP contribution in [0.3, 0.4) is 0 Å². The highest BCUT2D eigenvalue weighted by molar-refractivity contribution is 6.39. The summed E-state index contributed by atoms with van der Waals surface area (Å²) < 4.78 is 23.3. The van der Waals surface area contributed by atoms with Crippen LogP contribution in [0.5, 0.6) is 17.2 Å². The first-order valence-electron chi connectivity index (χ1n) is 9.51. The molecule has 28 heavy (non-hydrogen) atoms. The van der Waals surface area contributed by atoms with Crippen molar-refractivity contribution in [2.24, 2.45) is 0 Å². The lowest BCUT2D eigenvalue weighted by Crippen LogP contribution is -2.36. The number of methoxy groups -OCH3 is 1. The summed E-state index contributed by atoms with van der Waals surface area (Å²) in [4.78, 5) is 0. The standard InChI is InChI=1S/C23H25BO4/c1-3-10-23(25-2)19-15-17-22(18-16-19)28-24(26-20-11-6-4-7-12-20)27-21-13-8-5-9-14-21/h4-9,11-18,23H,3,10H2,1-2H3. The zero-order chi connectivity index (χ0) is 19.6. The number of hydrogen-bond donors (Lipinski definition) is 0. The minimum Gasteiger partial charge on any atom is -0.490 e. The number of para-hydroxylation sites is 2. The SMILES string of the molecule is CCCC(OC)c1ccc(OB(Oc2ccccc2)Oc2ccccc2)cc1. The van der Waals surface area contributed by atoms with E-state index in [9.17, 15) is 0 Å². The van der Waals surface area contributed by atoms with E-state index in [0.717, 1.165) is 18.4 Å². The zero-order valence-corrected chi connectivity index (χ0v) is 16.3. The molecule has 0 bridgehead atoms. The van der Waals surface area contributed by atoms with Gasteiger partial charge in [-0.3, -0.25) is 0 Å². The Balaban J connectivity index is 1.72. The fourth-order valence-corrected chi connectivity index (χ4v) is 2.85. The van der Waals surface area contributed by atoms with Gasteiger partial charge in [-0.25, -0.2) is 0 Å². The second-order valence-corrected chi connectivity index (χ2v) is 6.35. The third kappa shape index (κ3) is 5.79. The van der Waals surface area contributed by atoms with Crippen LogP contribution < -0.4 is 14.0 Å². The Morgan fingerprint density at radius 3 is 1.57 bits per heavy atom. The second-order valence-electron chi connectivity index (χ2n) is 6.35. The predicted octanol–water partition coefficient (Wildman–Crippen LogP) is 5.70. The first-order valence-corrected chi connectivity index (χ1v) is 9.51. The molecule has 0 aliphatic carbocycles. The Labute approximate surface area is 167 Å². The first kappa shape index (κ1) is 19.8. The van der Waals surface area contributed by atoms with Crippen LogP contribution in [-0.4, -0.2) is 14.4 Å². The van der Waals surface area contributed by atoms with Gasteiger partial charge in [0.15, 0.2) is 0 Å². The normalized spacial score (nSPS) is 11.5. The summed E-state index contributed by atoms with van der Waals surface area (Å²) >= 11 is 0. The summed E-state index contributed by atoms with van der Waals surface area (Å²) in [7, 11) is 0.826. The third-order valence-electron chi connectivity index (χ3n) is 4.27. The average molecular weight is 376 g/mol. The molecule has 0 spiro atoms. The molecular formula is C23H25BO4. The smallest absolute Gasteiger partial charge is 0.490 e. The van der Waals surface area contributed by atoms with E-state index in [4.69, 9.17) is 18.7 Å². The Kier molecular flexibility index (Phi) is 7.39. The van der Waals surface area contributed by atoms with Gasteiger partial charge in [0.2, 0.25) is 0 Å². The van der Waals surface area contributed by atoms with E-state index in [1.54, 1.807) is 7.11 Å². The fourth-order valence-electron chi connectivity index (χ4n) is 2.85. The van der Waals surface area contributed by atoms with Crippen molar-refractivity contribution in [2.45, 2.75) is 25.9 Å². The van der Waals surface area contributed by atoms with Gasteiger partial charge in [0.25, 0.3) is 0 Å². The van der Waals surface area contributed by atoms with Gasteiger partial charge in [-0.2, -0.15) is 0 Å². The number of rotatable bonds is 10. The minimum atomic E-state index is -0.912. The van der Waals surface area contributed by atoms with Gasteiger partial charge in [0.05, 0.1) is 6.10 Å². The molecule has 3 aromatic rings. The number of ether oxygens (including phenoxy) is 1. The lowest BCUT2D eigenvalue weighted by atomic mass is 10.0. The molecule has 0 saturated carbocycles. The molecule has 0 aromatic heterocycles. The maximum atomic E-state index is 5.97. The van der Waals surface area contributed by atoms with E-state index >= 15 is 0 Å².